The molecule has 0 radical (unpaired) electrons. The fourth-order valence-electron chi connectivity index (χ4n) is 1.75. The third-order valence-electron chi connectivity index (χ3n) is 2.78. The quantitative estimate of drug-likeness (QED) is 0.856. The Morgan fingerprint density at radius 1 is 1.19 bits per heavy atom. The Kier molecular flexibility index (Phi) is 4.74. The lowest BCUT2D eigenvalue weighted by atomic mass is 10.3. The van der Waals surface area contributed by atoms with Gasteiger partial charge in [0.2, 0.25) is 0 Å². The van der Waals surface area contributed by atoms with Gasteiger partial charge in [-0.2, -0.15) is 0 Å². The van der Waals surface area contributed by atoms with E-state index in [9.17, 15) is 12.8 Å². The van der Waals surface area contributed by atoms with E-state index in [1.165, 1.54) is 31.0 Å². The van der Waals surface area contributed by atoms with Gasteiger partial charge in [-0.25, -0.2) is 12.8 Å². The average Bonchev–Trinajstić information content (AvgIpc) is 2.47. The molecule has 21 heavy (non-hydrogen) atoms. The highest BCUT2D eigenvalue weighted by Gasteiger charge is 2.18. The molecule has 0 atom stereocenters. The van der Waals surface area contributed by atoms with Gasteiger partial charge in [0.25, 0.3) is 10.0 Å². The number of hydrogen-bond acceptors (Lipinski definition) is 4. The van der Waals surface area contributed by atoms with E-state index >= 15 is 0 Å². The van der Waals surface area contributed by atoms with Crippen molar-refractivity contribution in [3.05, 3.63) is 48.3 Å². The Morgan fingerprint density at radius 3 is 2.52 bits per heavy atom. The predicted molar refractivity (Wildman–Crippen MR) is 82.0 cm³/mol. The van der Waals surface area contributed by atoms with Crippen LogP contribution in [0.15, 0.2) is 52.3 Å². The third kappa shape index (κ3) is 3.48. The Balaban J connectivity index is 2.36. The number of benzene rings is 2. The van der Waals surface area contributed by atoms with Gasteiger partial charge in [-0.3, -0.25) is 4.72 Å². The molecule has 4 nitrogen and oxygen atoms in total. The molecular formula is C14H14FNO3S2. The molecule has 1 N–H and O–H groups in total. The van der Waals surface area contributed by atoms with Crippen molar-refractivity contribution in [3.63, 3.8) is 0 Å². The Morgan fingerprint density at radius 2 is 1.90 bits per heavy atom. The highest BCUT2D eigenvalue weighted by Crippen LogP contribution is 2.28. The maximum atomic E-state index is 13.6. The highest BCUT2D eigenvalue weighted by molar-refractivity contribution is 7.99. The summed E-state index contributed by atoms with van der Waals surface area (Å²) in [5.41, 5.74) is 0.459. The number of methoxy groups -OCH3 is 1. The van der Waals surface area contributed by atoms with Gasteiger partial charge in [-0.1, -0.05) is 12.1 Å². The van der Waals surface area contributed by atoms with Crippen LogP contribution in [0, 0.1) is 5.82 Å². The van der Waals surface area contributed by atoms with Gasteiger partial charge >= 0.3 is 0 Å². The molecule has 2 rings (SSSR count). The number of nitrogens with one attached hydrogen (secondary N) is 1. The van der Waals surface area contributed by atoms with Crippen molar-refractivity contribution in [1.29, 1.82) is 0 Å². The minimum absolute atomic E-state index is 0.00142. The molecule has 2 aromatic rings. The minimum atomic E-state index is -3.85. The van der Waals surface area contributed by atoms with Crippen molar-refractivity contribution in [2.75, 3.05) is 18.1 Å². The van der Waals surface area contributed by atoms with Crippen molar-refractivity contribution in [2.24, 2.45) is 0 Å². The second-order valence-corrected chi connectivity index (χ2v) is 6.63. The second-order valence-electron chi connectivity index (χ2n) is 4.10. The molecule has 0 aliphatic heterocycles. The number of rotatable bonds is 5. The normalized spacial score (nSPS) is 11.2. The molecule has 0 saturated carbocycles. The molecule has 0 heterocycles. The summed E-state index contributed by atoms with van der Waals surface area (Å²) in [7, 11) is -2.53. The smallest absolute Gasteiger partial charge is 0.262 e. The zero-order valence-corrected chi connectivity index (χ0v) is 13.1. The maximum absolute atomic E-state index is 13.6. The first kappa shape index (κ1) is 15.7. The molecule has 7 heteroatoms. The van der Waals surface area contributed by atoms with E-state index in [0.29, 0.717) is 5.69 Å². The largest absolute Gasteiger partial charge is 0.494 e. The van der Waals surface area contributed by atoms with Gasteiger partial charge in [-0.05, 0) is 36.6 Å². The minimum Gasteiger partial charge on any atom is -0.494 e. The summed E-state index contributed by atoms with van der Waals surface area (Å²) in [6, 6.07) is 10.5. The lowest BCUT2D eigenvalue weighted by Crippen LogP contribution is -2.13. The zero-order valence-electron chi connectivity index (χ0n) is 11.5. The summed E-state index contributed by atoms with van der Waals surface area (Å²) in [5, 5.41) is 0. The molecule has 0 amide bonds. The van der Waals surface area contributed by atoms with Crippen LogP contribution in [0.25, 0.3) is 0 Å². The number of para-hydroxylation sites is 1. The van der Waals surface area contributed by atoms with E-state index in [1.54, 1.807) is 18.2 Å². The first-order valence-electron chi connectivity index (χ1n) is 5.97. The van der Waals surface area contributed by atoms with Gasteiger partial charge in [0.1, 0.15) is 0 Å². The summed E-state index contributed by atoms with van der Waals surface area (Å²) in [5.74, 6) is -0.725. The fourth-order valence-corrected chi connectivity index (χ4v) is 3.46. The molecule has 0 unspecified atom stereocenters. The van der Waals surface area contributed by atoms with Crippen LogP contribution in [-0.2, 0) is 10.0 Å². The fraction of sp³-hybridized carbons (Fsp3) is 0.143. The summed E-state index contributed by atoms with van der Waals surface area (Å²) in [6.45, 7) is 0. The molecular weight excluding hydrogens is 313 g/mol. The van der Waals surface area contributed by atoms with Gasteiger partial charge in [0.15, 0.2) is 11.6 Å². The van der Waals surface area contributed by atoms with Crippen molar-refractivity contribution in [3.8, 4) is 5.75 Å². The zero-order chi connectivity index (χ0) is 15.5. The van der Waals surface area contributed by atoms with Gasteiger partial charge < -0.3 is 4.74 Å². The van der Waals surface area contributed by atoms with Crippen LogP contribution in [0.5, 0.6) is 5.75 Å². The number of thioether (sulfide) groups is 1. The Labute approximate surface area is 127 Å². The van der Waals surface area contributed by atoms with Crippen molar-refractivity contribution in [2.45, 2.75) is 9.79 Å². The number of hydrogen-bond donors (Lipinski definition) is 1. The van der Waals surface area contributed by atoms with Crippen molar-refractivity contribution < 1.29 is 17.5 Å². The van der Waals surface area contributed by atoms with E-state index in [2.05, 4.69) is 4.72 Å². The van der Waals surface area contributed by atoms with Gasteiger partial charge in [0.05, 0.1) is 17.7 Å². The number of halogens is 1. The van der Waals surface area contributed by atoms with Crippen molar-refractivity contribution >= 4 is 27.5 Å². The van der Waals surface area contributed by atoms with Gasteiger partial charge in [-0.15, -0.1) is 11.8 Å². The topological polar surface area (TPSA) is 55.4 Å². The molecule has 0 saturated heterocycles. The number of anilines is 1. The van der Waals surface area contributed by atoms with Crippen LogP contribution < -0.4 is 9.46 Å². The summed E-state index contributed by atoms with van der Waals surface area (Å²) >= 11 is 1.42. The second kappa shape index (κ2) is 6.36. The van der Waals surface area contributed by atoms with Crippen LogP contribution in [0.4, 0.5) is 10.1 Å². The van der Waals surface area contributed by atoms with Crippen LogP contribution in [-0.4, -0.2) is 21.8 Å². The molecule has 112 valence electrons. The van der Waals surface area contributed by atoms with E-state index in [-0.39, 0.29) is 10.6 Å². The number of sulfonamides is 1. The van der Waals surface area contributed by atoms with Crippen LogP contribution in [0.3, 0.4) is 0 Å². The monoisotopic (exact) mass is 327 g/mol. The average molecular weight is 327 g/mol. The molecule has 0 aliphatic rings. The molecule has 0 fully saturated rings. The number of ether oxygens (including phenoxy) is 1. The molecule has 0 aromatic heterocycles. The van der Waals surface area contributed by atoms with Crippen LogP contribution in [0.2, 0.25) is 0 Å². The van der Waals surface area contributed by atoms with E-state index in [0.717, 1.165) is 11.0 Å². The molecule has 0 bridgehead atoms. The molecule has 0 aliphatic carbocycles. The van der Waals surface area contributed by atoms with Crippen LogP contribution in [0.1, 0.15) is 0 Å². The Bertz CT molecular complexity index is 748. The van der Waals surface area contributed by atoms with E-state index < -0.39 is 15.8 Å². The first-order valence-corrected chi connectivity index (χ1v) is 8.68. The summed E-state index contributed by atoms with van der Waals surface area (Å²) in [4.78, 5) is 0.631. The van der Waals surface area contributed by atoms with E-state index in [1.807, 2.05) is 12.3 Å². The standard InChI is InChI=1S/C14H14FNO3S2/c1-19-13-8-7-10(9-11(13)15)21(17,18)16-12-5-3-4-6-14(12)20-2/h3-9,16H,1-2H3. The SMILES string of the molecule is COc1ccc(S(=O)(=O)Nc2ccccc2SC)cc1F. The first-order chi connectivity index (χ1) is 9.97. The summed E-state index contributed by atoms with van der Waals surface area (Å²) < 4.78 is 45.5. The van der Waals surface area contributed by atoms with Crippen LogP contribution >= 0.6 is 11.8 Å². The Hall–Kier alpha value is -1.73. The van der Waals surface area contributed by atoms with E-state index in [4.69, 9.17) is 4.74 Å². The molecule has 0 spiro atoms. The third-order valence-corrected chi connectivity index (χ3v) is 4.94. The maximum Gasteiger partial charge on any atom is 0.262 e. The highest BCUT2D eigenvalue weighted by atomic mass is 32.2. The lowest BCUT2D eigenvalue weighted by Gasteiger charge is -2.12. The summed E-state index contributed by atoms with van der Waals surface area (Å²) in [6.07, 6.45) is 1.85. The molecule has 2 aromatic carbocycles. The van der Waals surface area contributed by atoms with Crippen molar-refractivity contribution in [1.82, 2.24) is 0 Å². The predicted octanol–water partition coefficient (Wildman–Crippen LogP) is 3.36. The lowest BCUT2D eigenvalue weighted by molar-refractivity contribution is 0.385. The van der Waals surface area contributed by atoms with Gasteiger partial charge in [0, 0.05) is 4.90 Å².